The van der Waals surface area contributed by atoms with Crippen molar-refractivity contribution in [2.24, 2.45) is 5.41 Å². The average molecular weight is 256 g/mol. The third-order valence-electron chi connectivity index (χ3n) is 3.90. The maximum atomic E-state index is 4.22. The minimum absolute atomic E-state index is 0.458. The molecule has 0 spiro atoms. The predicted octanol–water partition coefficient (Wildman–Crippen LogP) is 3.26. The molecule has 0 amide bonds. The average Bonchev–Trinajstić information content (AvgIpc) is 3.00. The molecule has 1 saturated carbocycles. The number of nitrogens with one attached hydrogen (secondary N) is 1. The molecular weight excluding hydrogens is 236 g/mol. The molecule has 0 saturated heterocycles. The molecule has 1 fully saturated rings. The van der Waals surface area contributed by atoms with Gasteiger partial charge in [0, 0.05) is 6.04 Å². The van der Waals surface area contributed by atoms with Crippen molar-refractivity contribution in [3.8, 4) is 5.69 Å². The first-order valence-corrected chi connectivity index (χ1v) is 6.85. The van der Waals surface area contributed by atoms with E-state index in [4.69, 9.17) is 0 Å². The third kappa shape index (κ3) is 2.62. The van der Waals surface area contributed by atoms with Gasteiger partial charge in [-0.05, 0) is 36.8 Å². The van der Waals surface area contributed by atoms with Gasteiger partial charge in [-0.25, -0.2) is 9.67 Å². The molecule has 1 unspecified atom stereocenters. The Labute approximate surface area is 113 Å². The molecule has 2 aromatic rings. The molecule has 1 aliphatic carbocycles. The Balaban J connectivity index is 1.82. The Morgan fingerprint density at radius 1 is 1.32 bits per heavy atom. The van der Waals surface area contributed by atoms with E-state index in [2.05, 4.69) is 47.4 Å². The highest BCUT2D eigenvalue weighted by molar-refractivity contribution is 5.61. The van der Waals surface area contributed by atoms with Crippen molar-refractivity contribution in [2.45, 2.75) is 39.2 Å². The Morgan fingerprint density at radius 2 is 2.16 bits per heavy atom. The molecule has 4 nitrogen and oxygen atoms in total. The first kappa shape index (κ1) is 12.2. The van der Waals surface area contributed by atoms with Crippen LogP contribution in [-0.4, -0.2) is 20.8 Å². The van der Waals surface area contributed by atoms with E-state index < -0.39 is 0 Å². The summed E-state index contributed by atoms with van der Waals surface area (Å²) in [5.74, 6) is 0. The van der Waals surface area contributed by atoms with Crippen LogP contribution in [0.1, 0.15) is 33.1 Å². The van der Waals surface area contributed by atoms with Crippen LogP contribution in [0.3, 0.4) is 0 Å². The molecule has 100 valence electrons. The number of nitrogens with zero attached hydrogens (tertiary/aromatic N) is 3. The number of hydrogen-bond donors (Lipinski definition) is 1. The van der Waals surface area contributed by atoms with Crippen LogP contribution in [0.4, 0.5) is 5.69 Å². The standard InChI is InChI=1S/C15H20N4/c1-15(2)8-7-12(9-15)18-13-5-3-4-6-14(13)19-11-16-10-17-19/h3-6,10-12,18H,7-9H2,1-2H3. The van der Waals surface area contributed by atoms with Gasteiger partial charge in [0.1, 0.15) is 12.7 Å². The van der Waals surface area contributed by atoms with E-state index in [1.165, 1.54) is 19.3 Å². The Bertz CT molecular complexity index is 545. The summed E-state index contributed by atoms with van der Waals surface area (Å²) >= 11 is 0. The lowest BCUT2D eigenvalue weighted by molar-refractivity contribution is 0.378. The second-order valence-electron chi connectivity index (χ2n) is 6.11. The van der Waals surface area contributed by atoms with Gasteiger partial charge in [0.25, 0.3) is 0 Å². The summed E-state index contributed by atoms with van der Waals surface area (Å²) in [5.41, 5.74) is 2.65. The molecule has 1 atom stereocenters. The summed E-state index contributed by atoms with van der Waals surface area (Å²) < 4.78 is 1.81. The zero-order chi connectivity index (χ0) is 13.3. The van der Waals surface area contributed by atoms with Crippen LogP contribution >= 0.6 is 0 Å². The van der Waals surface area contributed by atoms with Crippen molar-refractivity contribution in [2.75, 3.05) is 5.32 Å². The summed E-state index contributed by atoms with van der Waals surface area (Å²) in [6, 6.07) is 8.82. The number of anilines is 1. The van der Waals surface area contributed by atoms with Gasteiger partial charge in [0.05, 0.1) is 11.4 Å². The van der Waals surface area contributed by atoms with Crippen LogP contribution in [-0.2, 0) is 0 Å². The Kier molecular flexibility index (Phi) is 3.01. The molecule has 0 radical (unpaired) electrons. The van der Waals surface area contributed by atoms with Crippen molar-refractivity contribution < 1.29 is 0 Å². The van der Waals surface area contributed by atoms with Crippen LogP contribution in [0, 0.1) is 5.41 Å². The minimum Gasteiger partial charge on any atom is -0.381 e. The van der Waals surface area contributed by atoms with Crippen LogP contribution in [0.2, 0.25) is 0 Å². The SMILES string of the molecule is CC1(C)CCC(Nc2ccccc2-n2cncn2)C1. The largest absolute Gasteiger partial charge is 0.381 e. The lowest BCUT2D eigenvalue weighted by Gasteiger charge is -2.20. The van der Waals surface area contributed by atoms with Crippen molar-refractivity contribution >= 4 is 5.69 Å². The van der Waals surface area contributed by atoms with E-state index in [-0.39, 0.29) is 0 Å². The maximum absolute atomic E-state index is 4.22. The lowest BCUT2D eigenvalue weighted by Crippen LogP contribution is -2.18. The number of para-hydroxylation sites is 2. The van der Waals surface area contributed by atoms with Gasteiger partial charge in [-0.3, -0.25) is 0 Å². The smallest absolute Gasteiger partial charge is 0.138 e. The molecule has 3 rings (SSSR count). The van der Waals surface area contributed by atoms with Crippen molar-refractivity contribution in [1.29, 1.82) is 0 Å². The molecule has 1 aromatic carbocycles. The van der Waals surface area contributed by atoms with E-state index in [9.17, 15) is 0 Å². The monoisotopic (exact) mass is 256 g/mol. The van der Waals surface area contributed by atoms with Gasteiger partial charge in [-0.2, -0.15) is 5.10 Å². The second kappa shape index (κ2) is 4.68. The Hall–Kier alpha value is -1.84. The minimum atomic E-state index is 0.458. The number of rotatable bonds is 3. The topological polar surface area (TPSA) is 42.7 Å². The van der Waals surface area contributed by atoms with E-state index in [0.29, 0.717) is 11.5 Å². The van der Waals surface area contributed by atoms with Gasteiger partial charge in [0.15, 0.2) is 0 Å². The molecule has 1 heterocycles. The fraction of sp³-hybridized carbons (Fsp3) is 0.467. The van der Waals surface area contributed by atoms with Gasteiger partial charge in [-0.15, -0.1) is 0 Å². The van der Waals surface area contributed by atoms with Crippen molar-refractivity contribution in [3.05, 3.63) is 36.9 Å². The molecule has 0 bridgehead atoms. The summed E-state index contributed by atoms with van der Waals surface area (Å²) in [5, 5.41) is 7.88. The van der Waals surface area contributed by atoms with Crippen molar-refractivity contribution in [1.82, 2.24) is 14.8 Å². The number of hydrogen-bond acceptors (Lipinski definition) is 3. The summed E-state index contributed by atoms with van der Waals surface area (Å²) in [4.78, 5) is 4.02. The number of benzene rings is 1. The first-order valence-electron chi connectivity index (χ1n) is 6.85. The fourth-order valence-electron chi connectivity index (χ4n) is 2.91. The zero-order valence-electron chi connectivity index (χ0n) is 11.5. The Morgan fingerprint density at radius 3 is 2.84 bits per heavy atom. The summed E-state index contributed by atoms with van der Waals surface area (Å²) in [6.45, 7) is 4.69. The van der Waals surface area contributed by atoms with Crippen LogP contribution < -0.4 is 5.32 Å². The second-order valence-corrected chi connectivity index (χ2v) is 6.11. The zero-order valence-corrected chi connectivity index (χ0v) is 11.5. The van der Waals surface area contributed by atoms with Crippen LogP contribution in [0.25, 0.3) is 5.69 Å². The van der Waals surface area contributed by atoms with Crippen LogP contribution in [0.5, 0.6) is 0 Å². The summed E-state index contributed by atoms with van der Waals surface area (Å²) in [7, 11) is 0. The van der Waals surface area contributed by atoms with Gasteiger partial charge in [0.2, 0.25) is 0 Å². The maximum Gasteiger partial charge on any atom is 0.138 e. The highest BCUT2D eigenvalue weighted by Gasteiger charge is 2.31. The van der Waals surface area contributed by atoms with E-state index >= 15 is 0 Å². The molecule has 0 aliphatic heterocycles. The summed E-state index contributed by atoms with van der Waals surface area (Å²) in [6.07, 6.45) is 7.04. The predicted molar refractivity (Wildman–Crippen MR) is 76.4 cm³/mol. The number of aromatic nitrogens is 3. The highest BCUT2D eigenvalue weighted by Crippen LogP contribution is 2.38. The lowest BCUT2D eigenvalue weighted by atomic mass is 9.92. The highest BCUT2D eigenvalue weighted by atomic mass is 15.3. The molecule has 1 N–H and O–H groups in total. The van der Waals surface area contributed by atoms with Gasteiger partial charge in [-0.1, -0.05) is 26.0 Å². The molecule has 4 heteroatoms. The molecule has 19 heavy (non-hydrogen) atoms. The van der Waals surface area contributed by atoms with Crippen molar-refractivity contribution in [3.63, 3.8) is 0 Å². The van der Waals surface area contributed by atoms with Gasteiger partial charge < -0.3 is 5.32 Å². The quantitative estimate of drug-likeness (QED) is 0.916. The third-order valence-corrected chi connectivity index (χ3v) is 3.90. The normalized spacial score (nSPS) is 21.5. The van der Waals surface area contributed by atoms with E-state index in [1.54, 1.807) is 12.7 Å². The first-order chi connectivity index (χ1) is 9.14. The van der Waals surface area contributed by atoms with E-state index in [1.807, 2.05) is 10.7 Å². The molecule has 1 aromatic heterocycles. The van der Waals surface area contributed by atoms with E-state index in [0.717, 1.165) is 11.4 Å². The van der Waals surface area contributed by atoms with Gasteiger partial charge >= 0.3 is 0 Å². The van der Waals surface area contributed by atoms with Crippen LogP contribution in [0.15, 0.2) is 36.9 Å². The fourth-order valence-corrected chi connectivity index (χ4v) is 2.91. The molecule has 1 aliphatic rings. The molecular formula is C15H20N4.